The molecule has 0 amide bonds. The quantitative estimate of drug-likeness (QED) is 0.695. The first kappa shape index (κ1) is 11.6. The molecule has 7 heteroatoms. The van der Waals surface area contributed by atoms with Gasteiger partial charge < -0.3 is 10.4 Å². The van der Waals surface area contributed by atoms with Gasteiger partial charge in [-0.25, -0.2) is 9.89 Å². The number of aliphatic hydroxyl groups is 1. The van der Waals surface area contributed by atoms with E-state index in [0.29, 0.717) is 24.4 Å². The van der Waals surface area contributed by atoms with Crippen LogP contribution in [-0.4, -0.2) is 37.1 Å². The van der Waals surface area contributed by atoms with Crippen LogP contribution in [-0.2, 0) is 0 Å². The summed E-state index contributed by atoms with van der Waals surface area (Å²) in [5.74, 6) is 0.523. The number of nitrogens with one attached hydrogen (secondary N) is 2. The van der Waals surface area contributed by atoms with Crippen molar-refractivity contribution >= 4 is 11.5 Å². The Morgan fingerprint density at radius 3 is 3.06 bits per heavy atom. The van der Waals surface area contributed by atoms with E-state index in [1.807, 2.05) is 6.92 Å². The smallest absolute Gasteiger partial charge is 0.364 e. The molecule has 1 unspecified atom stereocenters. The number of anilines is 1. The zero-order valence-electron chi connectivity index (χ0n) is 9.77. The van der Waals surface area contributed by atoms with Crippen LogP contribution in [0.2, 0.25) is 0 Å². The van der Waals surface area contributed by atoms with E-state index in [4.69, 9.17) is 0 Å². The molecule has 0 saturated heterocycles. The standard InChI is InChI=1S/C10H15N5O2/c1-3-10(2,17)6-11-7-4-5-8-12-13-9(16)15(8)14-7/h4-5,17H,3,6H2,1-2H3,(H,11,14)(H,13,16). The first-order valence-electron chi connectivity index (χ1n) is 5.42. The summed E-state index contributed by atoms with van der Waals surface area (Å²) in [6.45, 7) is 4.01. The van der Waals surface area contributed by atoms with Crippen molar-refractivity contribution in [2.45, 2.75) is 25.9 Å². The van der Waals surface area contributed by atoms with E-state index in [0.717, 1.165) is 0 Å². The second kappa shape index (κ2) is 4.17. The van der Waals surface area contributed by atoms with Crippen LogP contribution in [0.25, 0.3) is 5.65 Å². The summed E-state index contributed by atoms with van der Waals surface area (Å²) < 4.78 is 1.17. The maximum absolute atomic E-state index is 11.3. The molecule has 92 valence electrons. The Morgan fingerprint density at radius 1 is 1.59 bits per heavy atom. The molecular formula is C10H15N5O2. The molecule has 0 aliphatic carbocycles. The fraction of sp³-hybridized carbons (Fsp3) is 0.500. The van der Waals surface area contributed by atoms with Gasteiger partial charge in [-0.15, -0.1) is 5.10 Å². The minimum absolute atomic E-state index is 0.370. The van der Waals surface area contributed by atoms with Gasteiger partial charge in [0.2, 0.25) is 0 Å². The Labute approximate surface area is 97.5 Å². The molecule has 0 spiro atoms. The van der Waals surface area contributed by atoms with Gasteiger partial charge >= 0.3 is 5.69 Å². The highest BCUT2D eigenvalue weighted by Gasteiger charge is 2.17. The van der Waals surface area contributed by atoms with Crippen molar-refractivity contribution in [3.8, 4) is 0 Å². The molecule has 7 nitrogen and oxygen atoms in total. The van der Waals surface area contributed by atoms with Crippen molar-refractivity contribution in [2.24, 2.45) is 0 Å². The number of aromatic amines is 1. The number of hydrogen-bond acceptors (Lipinski definition) is 5. The van der Waals surface area contributed by atoms with Gasteiger partial charge in [-0.2, -0.15) is 9.61 Å². The average molecular weight is 237 g/mol. The number of fused-ring (bicyclic) bond motifs is 1. The van der Waals surface area contributed by atoms with E-state index < -0.39 is 5.60 Å². The summed E-state index contributed by atoms with van der Waals surface area (Å²) in [5, 5.41) is 23.0. The van der Waals surface area contributed by atoms with E-state index in [-0.39, 0.29) is 5.69 Å². The molecule has 2 aromatic heterocycles. The van der Waals surface area contributed by atoms with Crippen molar-refractivity contribution in [2.75, 3.05) is 11.9 Å². The maximum atomic E-state index is 11.3. The third-order valence-corrected chi connectivity index (χ3v) is 2.69. The molecular weight excluding hydrogens is 222 g/mol. The summed E-state index contributed by atoms with van der Waals surface area (Å²) in [6.07, 6.45) is 0.633. The predicted molar refractivity (Wildman–Crippen MR) is 63.0 cm³/mol. The van der Waals surface area contributed by atoms with Crippen molar-refractivity contribution in [3.63, 3.8) is 0 Å². The third kappa shape index (κ3) is 2.44. The summed E-state index contributed by atoms with van der Waals surface area (Å²) in [4.78, 5) is 11.3. The van der Waals surface area contributed by atoms with E-state index in [1.165, 1.54) is 4.52 Å². The predicted octanol–water partition coefficient (Wildman–Crippen LogP) is -0.00950. The molecule has 2 aromatic rings. The van der Waals surface area contributed by atoms with Gasteiger partial charge in [-0.3, -0.25) is 0 Å². The molecule has 0 fully saturated rings. The molecule has 1 atom stereocenters. The molecule has 0 aromatic carbocycles. The van der Waals surface area contributed by atoms with Crippen LogP contribution in [0.3, 0.4) is 0 Å². The number of aromatic nitrogens is 4. The minimum atomic E-state index is -0.794. The average Bonchev–Trinajstić information content (AvgIpc) is 2.69. The Hall–Kier alpha value is -1.89. The SMILES string of the molecule is CCC(C)(O)CNc1ccc2n[nH]c(=O)n2n1. The Balaban J connectivity index is 2.19. The molecule has 0 aliphatic rings. The minimum Gasteiger partial charge on any atom is -0.388 e. The third-order valence-electron chi connectivity index (χ3n) is 2.69. The summed E-state index contributed by atoms with van der Waals surface area (Å²) in [7, 11) is 0. The van der Waals surface area contributed by atoms with Crippen molar-refractivity contribution in [1.29, 1.82) is 0 Å². The largest absolute Gasteiger partial charge is 0.388 e. The van der Waals surface area contributed by atoms with Crippen LogP contribution < -0.4 is 11.0 Å². The molecule has 3 N–H and O–H groups in total. The van der Waals surface area contributed by atoms with E-state index in [1.54, 1.807) is 19.1 Å². The van der Waals surface area contributed by atoms with Crippen LogP contribution in [0, 0.1) is 0 Å². The summed E-state index contributed by atoms with van der Waals surface area (Å²) in [5.41, 5.74) is -0.716. The normalized spacial score (nSPS) is 14.8. The molecule has 2 rings (SSSR count). The Bertz CT molecular complexity index is 571. The second-order valence-electron chi connectivity index (χ2n) is 4.22. The highest BCUT2D eigenvalue weighted by atomic mass is 16.3. The topological polar surface area (TPSA) is 95.3 Å². The van der Waals surface area contributed by atoms with Gasteiger partial charge in [-0.05, 0) is 25.5 Å². The molecule has 0 radical (unpaired) electrons. The number of nitrogens with zero attached hydrogens (tertiary/aromatic N) is 3. The Kier molecular flexibility index (Phi) is 2.84. The zero-order chi connectivity index (χ0) is 12.5. The van der Waals surface area contributed by atoms with Crippen LogP contribution >= 0.6 is 0 Å². The van der Waals surface area contributed by atoms with Crippen molar-refractivity contribution in [1.82, 2.24) is 19.8 Å². The number of H-pyrrole nitrogens is 1. The first-order valence-corrected chi connectivity index (χ1v) is 5.42. The summed E-state index contributed by atoms with van der Waals surface area (Å²) in [6, 6.07) is 3.38. The van der Waals surface area contributed by atoms with Crippen LogP contribution in [0.15, 0.2) is 16.9 Å². The van der Waals surface area contributed by atoms with Gasteiger partial charge in [0.15, 0.2) is 5.65 Å². The van der Waals surface area contributed by atoms with Gasteiger partial charge in [-0.1, -0.05) is 6.92 Å². The maximum Gasteiger partial charge on any atom is 0.364 e. The van der Waals surface area contributed by atoms with Crippen LogP contribution in [0.4, 0.5) is 5.82 Å². The molecule has 0 aliphatic heterocycles. The fourth-order valence-corrected chi connectivity index (χ4v) is 1.30. The second-order valence-corrected chi connectivity index (χ2v) is 4.22. The molecule has 0 bridgehead atoms. The van der Waals surface area contributed by atoms with Gasteiger partial charge in [0.25, 0.3) is 0 Å². The monoisotopic (exact) mass is 237 g/mol. The lowest BCUT2D eigenvalue weighted by Crippen LogP contribution is -2.32. The van der Waals surface area contributed by atoms with E-state index in [9.17, 15) is 9.90 Å². The fourth-order valence-electron chi connectivity index (χ4n) is 1.30. The highest BCUT2D eigenvalue weighted by Crippen LogP contribution is 2.10. The highest BCUT2D eigenvalue weighted by molar-refractivity contribution is 5.43. The zero-order valence-corrected chi connectivity index (χ0v) is 9.77. The van der Waals surface area contributed by atoms with Gasteiger partial charge in [0.1, 0.15) is 5.82 Å². The van der Waals surface area contributed by atoms with Gasteiger partial charge in [0.05, 0.1) is 5.60 Å². The van der Waals surface area contributed by atoms with Crippen LogP contribution in [0.5, 0.6) is 0 Å². The van der Waals surface area contributed by atoms with Crippen molar-refractivity contribution in [3.05, 3.63) is 22.6 Å². The number of hydrogen-bond donors (Lipinski definition) is 3. The van der Waals surface area contributed by atoms with Gasteiger partial charge in [0, 0.05) is 6.54 Å². The lowest BCUT2D eigenvalue weighted by Gasteiger charge is -2.21. The summed E-state index contributed by atoms with van der Waals surface area (Å²) >= 11 is 0. The molecule has 0 saturated carbocycles. The van der Waals surface area contributed by atoms with E-state index >= 15 is 0 Å². The lowest BCUT2D eigenvalue weighted by atomic mass is 10.0. The molecule has 2 heterocycles. The number of rotatable bonds is 4. The molecule has 17 heavy (non-hydrogen) atoms. The first-order chi connectivity index (χ1) is 8.02. The van der Waals surface area contributed by atoms with E-state index in [2.05, 4.69) is 20.6 Å². The van der Waals surface area contributed by atoms with Crippen molar-refractivity contribution < 1.29 is 5.11 Å². The Morgan fingerprint density at radius 2 is 2.35 bits per heavy atom. The lowest BCUT2D eigenvalue weighted by molar-refractivity contribution is 0.0696. The van der Waals surface area contributed by atoms with Crippen LogP contribution in [0.1, 0.15) is 20.3 Å².